The number of phosphoric ester groups is 2. The lowest BCUT2D eigenvalue weighted by molar-refractivity contribution is -0.161. The summed E-state index contributed by atoms with van der Waals surface area (Å²) in [5.41, 5.74) is 0. The van der Waals surface area contributed by atoms with Gasteiger partial charge in [-0.15, -0.1) is 0 Å². The summed E-state index contributed by atoms with van der Waals surface area (Å²) in [7, 11) is -9.94. The van der Waals surface area contributed by atoms with Crippen molar-refractivity contribution >= 4 is 39.5 Å². The van der Waals surface area contributed by atoms with Crippen molar-refractivity contribution in [3.8, 4) is 0 Å². The summed E-state index contributed by atoms with van der Waals surface area (Å²) in [5, 5.41) is 10.7. The molecule has 0 bridgehead atoms. The molecule has 3 N–H and O–H groups in total. The van der Waals surface area contributed by atoms with Gasteiger partial charge in [-0.1, -0.05) is 421 Å². The van der Waals surface area contributed by atoms with Crippen LogP contribution in [0.3, 0.4) is 0 Å². The Kier molecular flexibility index (Phi) is 77.2. The van der Waals surface area contributed by atoms with E-state index in [0.29, 0.717) is 25.7 Å². The van der Waals surface area contributed by atoms with E-state index in [1.54, 1.807) is 0 Å². The number of carbonyl (C=O) groups excluding carboxylic acids is 4. The van der Waals surface area contributed by atoms with Crippen LogP contribution in [0.2, 0.25) is 0 Å². The van der Waals surface area contributed by atoms with Gasteiger partial charge in [0, 0.05) is 25.7 Å². The van der Waals surface area contributed by atoms with Crippen LogP contribution in [0, 0.1) is 23.7 Å². The Balaban J connectivity index is 5.26. The molecule has 0 aliphatic rings. The molecule has 0 radical (unpaired) electrons. The predicted octanol–water partition coefficient (Wildman–Crippen LogP) is 27.5. The molecule has 19 heteroatoms. The molecular weight excluding hydrogens is 1410 g/mol. The third kappa shape index (κ3) is 81.0. The van der Waals surface area contributed by atoms with Crippen molar-refractivity contribution in [2.75, 3.05) is 39.6 Å². The molecule has 0 amide bonds. The number of aliphatic hydroxyl groups excluding tert-OH is 1. The quantitative estimate of drug-likeness (QED) is 0.0222. The van der Waals surface area contributed by atoms with Crippen molar-refractivity contribution in [1.82, 2.24) is 0 Å². The van der Waals surface area contributed by atoms with Crippen LogP contribution in [0.25, 0.3) is 0 Å². The maximum atomic E-state index is 13.2. The highest BCUT2D eigenvalue weighted by atomic mass is 31.2. The fraction of sp³-hybridized carbons (Fsp3) is 0.956. The van der Waals surface area contributed by atoms with Crippen molar-refractivity contribution in [3.63, 3.8) is 0 Å². The molecule has 7 atom stereocenters. The fourth-order valence-electron chi connectivity index (χ4n) is 14.0. The van der Waals surface area contributed by atoms with Crippen molar-refractivity contribution in [2.45, 2.75) is 491 Å². The molecule has 0 aromatic rings. The minimum atomic E-state index is -4.97. The molecule has 0 aliphatic heterocycles. The van der Waals surface area contributed by atoms with Crippen LogP contribution in [0.15, 0.2) is 0 Å². The van der Waals surface area contributed by atoms with Gasteiger partial charge in [-0.3, -0.25) is 37.3 Å². The van der Waals surface area contributed by atoms with Crippen molar-refractivity contribution < 1.29 is 80.2 Å². The van der Waals surface area contributed by atoms with E-state index in [4.69, 9.17) is 37.0 Å². The first-order chi connectivity index (χ1) is 52.7. The van der Waals surface area contributed by atoms with Gasteiger partial charge in [0.15, 0.2) is 12.2 Å². The molecule has 0 heterocycles. The lowest BCUT2D eigenvalue weighted by Gasteiger charge is -2.21. The van der Waals surface area contributed by atoms with E-state index in [1.807, 2.05) is 0 Å². The summed E-state index contributed by atoms with van der Waals surface area (Å²) in [6.45, 7) is 14.4. The first-order valence-electron chi connectivity index (χ1n) is 46.3. The molecule has 17 nitrogen and oxygen atoms in total. The van der Waals surface area contributed by atoms with E-state index in [1.165, 1.54) is 276 Å². The van der Waals surface area contributed by atoms with Gasteiger partial charge < -0.3 is 33.8 Å². The van der Waals surface area contributed by atoms with Crippen LogP contribution >= 0.6 is 15.6 Å². The van der Waals surface area contributed by atoms with Gasteiger partial charge in [0.25, 0.3) is 0 Å². The Morgan fingerprint density at radius 1 is 0.257 bits per heavy atom. The molecule has 648 valence electrons. The largest absolute Gasteiger partial charge is 0.472 e. The smallest absolute Gasteiger partial charge is 0.462 e. The van der Waals surface area contributed by atoms with Crippen molar-refractivity contribution in [3.05, 3.63) is 0 Å². The second-order valence-corrected chi connectivity index (χ2v) is 36.7. The van der Waals surface area contributed by atoms with Crippen LogP contribution in [-0.4, -0.2) is 96.7 Å². The third-order valence-corrected chi connectivity index (χ3v) is 23.7. The van der Waals surface area contributed by atoms with Gasteiger partial charge >= 0.3 is 39.5 Å². The monoisotopic (exact) mass is 1590 g/mol. The lowest BCUT2D eigenvalue weighted by atomic mass is 9.99. The minimum absolute atomic E-state index is 0.107. The lowest BCUT2D eigenvalue weighted by Crippen LogP contribution is -2.30. The van der Waals surface area contributed by atoms with Crippen LogP contribution in [0.4, 0.5) is 0 Å². The summed E-state index contributed by atoms with van der Waals surface area (Å²) >= 11 is 0. The summed E-state index contributed by atoms with van der Waals surface area (Å²) in [6.07, 6.45) is 69.3. The number of carbonyl (C=O) groups is 4. The van der Waals surface area contributed by atoms with Gasteiger partial charge in [0.2, 0.25) is 0 Å². The Labute approximate surface area is 670 Å². The highest BCUT2D eigenvalue weighted by Gasteiger charge is 2.31. The van der Waals surface area contributed by atoms with Crippen LogP contribution in [0.1, 0.15) is 473 Å². The normalized spacial score (nSPS) is 14.4. The zero-order valence-corrected chi connectivity index (χ0v) is 74.0. The number of esters is 4. The predicted molar refractivity (Wildman–Crippen MR) is 451 cm³/mol. The summed E-state index contributed by atoms with van der Waals surface area (Å²) in [6, 6.07) is 0. The summed E-state index contributed by atoms with van der Waals surface area (Å²) in [4.78, 5) is 73.4. The van der Waals surface area contributed by atoms with E-state index >= 15 is 0 Å². The molecule has 109 heavy (non-hydrogen) atoms. The second kappa shape index (κ2) is 78.6. The first-order valence-corrected chi connectivity index (χ1v) is 49.3. The summed E-state index contributed by atoms with van der Waals surface area (Å²) < 4.78 is 69.1. The maximum Gasteiger partial charge on any atom is 0.472 e. The molecule has 0 saturated heterocycles. The average molecular weight is 1590 g/mol. The van der Waals surface area contributed by atoms with Crippen molar-refractivity contribution in [1.29, 1.82) is 0 Å². The molecule has 0 saturated carbocycles. The topological polar surface area (TPSA) is 237 Å². The Bertz CT molecular complexity index is 2110. The zero-order chi connectivity index (χ0) is 80.2. The van der Waals surface area contributed by atoms with E-state index in [0.717, 1.165) is 114 Å². The number of hydrogen-bond acceptors (Lipinski definition) is 15. The highest BCUT2D eigenvalue weighted by molar-refractivity contribution is 7.47. The average Bonchev–Trinajstić information content (AvgIpc) is 0.899. The zero-order valence-electron chi connectivity index (χ0n) is 72.2. The van der Waals surface area contributed by atoms with Gasteiger partial charge in [0.05, 0.1) is 26.4 Å². The van der Waals surface area contributed by atoms with Gasteiger partial charge in [0.1, 0.15) is 19.3 Å². The molecule has 0 aliphatic carbocycles. The van der Waals surface area contributed by atoms with E-state index < -0.39 is 97.5 Å². The molecule has 0 aromatic heterocycles. The van der Waals surface area contributed by atoms with E-state index in [-0.39, 0.29) is 25.7 Å². The molecule has 0 fully saturated rings. The molecule has 0 spiro atoms. The SMILES string of the molecule is CCC(C)CCCCCCCCCCCCCCCCC(=O)O[C@H](COC(=O)CCCCCCCCCCC(C)CC)COP(=O)(O)OC[C@H](O)COP(=O)(O)OC[C@@H](COC(=O)CCCCCCCCCCCCCCCCCC(C)C)OC(=O)CCCCCCCCCCCCCCCCCCCCC(C)C. The van der Waals surface area contributed by atoms with Gasteiger partial charge in [-0.25, -0.2) is 9.13 Å². The summed E-state index contributed by atoms with van der Waals surface area (Å²) in [5.74, 6) is 1.15. The highest BCUT2D eigenvalue weighted by Crippen LogP contribution is 2.45. The van der Waals surface area contributed by atoms with Crippen molar-refractivity contribution in [2.24, 2.45) is 23.7 Å². The number of unbranched alkanes of at least 4 members (excludes halogenated alkanes) is 51. The van der Waals surface area contributed by atoms with E-state index in [2.05, 4.69) is 55.4 Å². The second-order valence-electron chi connectivity index (χ2n) is 33.8. The molecule has 0 rings (SSSR count). The number of aliphatic hydroxyl groups is 1. The Hall–Kier alpha value is -1.94. The number of hydrogen-bond donors (Lipinski definition) is 3. The van der Waals surface area contributed by atoms with Gasteiger partial charge in [-0.05, 0) is 49.4 Å². The van der Waals surface area contributed by atoms with Crippen LogP contribution in [0.5, 0.6) is 0 Å². The third-order valence-electron chi connectivity index (χ3n) is 21.8. The Morgan fingerprint density at radius 3 is 0.651 bits per heavy atom. The first kappa shape index (κ1) is 107. The number of ether oxygens (including phenoxy) is 4. The van der Waals surface area contributed by atoms with Crippen LogP contribution in [-0.2, 0) is 65.4 Å². The molecule has 4 unspecified atom stereocenters. The minimum Gasteiger partial charge on any atom is -0.462 e. The molecule has 0 aromatic carbocycles. The van der Waals surface area contributed by atoms with E-state index in [9.17, 15) is 43.2 Å². The fourth-order valence-corrected chi connectivity index (χ4v) is 15.5. The maximum absolute atomic E-state index is 13.2. The Morgan fingerprint density at radius 2 is 0.440 bits per heavy atom. The number of phosphoric acid groups is 2. The standard InChI is InChI=1S/C90H176O17P2/c1-9-82(7)68-60-52-44-36-30-24-20-21-27-33-39-49-57-65-73-90(95)107-86(77-101-88(93)71-63-55-47-41-40-45-53-61-69-83(8)10-2)79-105-109(98,99)103-75-84(91)74-102-108(96,97)104-78-85(76-100-87(92)70-62-54-46-37-31-25-19-15-17-23-29-35-43-51-59-67-81(5)6)106-89(94)72-64-56-48-38-32-26-18-14-12-11-13-16-22-28-34-42-50-58-66-80(3)4/h80-86,91H,9-79H2,1-8H3,(H,96,97)(H,98,99)/t82?,83?,84-,85-,86-/m1/s1. The van der Waals surface area contributed by atoms with Crippen LogP contribution < -0.4 is 0 Å². The van der Waals surface area contributed by atoms with Gasteiger partial charge in [-0.2, -0.15) is 0 Å². The molecular formula is C90H176O17P2. The number of rotatable bonds is 87.